The van der Waals surface area contributed by atoms with E-state index in [1.54, 1.807) is 7.11 Å². The number of methoxy groups -OCH3 is 1. The molecule has 0 aromatic heterocycles. The smallest absolute Gasteiger partial charge is 0.119 e. The molecule has 2 aromatic carbocycles. The molecule has 0 saturated heterocycles. The van der Waals surface area contributed by atoms with Gasteiger partial charge in [-0.25, -0.2) is 0 Å². The molecule has 2 nitrogen and oxygen atoms in total. The van der Waals surface area contributed by atoms with Crippen molar-refractivity contribution in [1.29, 1.82) is 0 Å². The summed E-state index contributed by atoms with van der Waals surface area (Å²) in [6, 6.07) is 14.5. The van der Waals surface area contributed by atoms with E-state index >= 15 is 0 Å². The van der Waals surface area contributed by atoms with Gasteiger partial charge >= 0.3 is 0 Å². The third-order valence-electron chi connectivity index (χ3n) is 3.31. The molecule has 0 aliphatic heterocycles. The predicted molar refractivity (Wildman–Crippen MR) is 94.2 cm³/mol. The van der Waals surface area contributed by atoms with Crippen molar-refractivity contribution >= 4 is 27.7 Å². The summed E-state index contributed by atoms with van der Waals surface area (Å²) in [5, 5.41) is 0. The van der Waals surface area contributed by atoms with Crippen LogP contribution in [0.25, 0.3) is 0 Å². The summed E-state index contributed by atoms with van der Waals surface area (Å²) in [6.45, 7) is 2.16. The minimum atomic E-state index is -0.0194. The molecule has 21 heavy (non-hydrogen) atoms. The Morgan fingerprint density at radius 2 is 1.90 bits per heavy atom. The van der Waals surface area contributed by atoms with Crippen molar-refractivity contribution in [3.05, 3.63) is 58.1 Å². The third kappa shape index (κ3) is 4.50. The number of ether oxygens (including phenoxy) is 1. The second kappa shape index (κ2) is 7.87. The average Bonchev–Trinajstić information content (AvgIpc) is 2.50. The molecule has 0 aliphatic rings. The first-order valence-electron chi connectivity index (χ1n) is 6.94. The van der Waals surface area contributed by atoms with Gasteiger partial charge in [-0.15, -0.1) is 11.8 Å². The van der Waals surface area contributed by atoms with E-state index in [0.717, 1.165) is 33.5 Å². The molecular formula is C17H20BrNOS. The number of thioether (sulfide) groups is 1. The molecule has 0 amide bonds. The number of benzene rings is 2. The highest BCUT2D eigenvalue weighted by Crippen LogP contribution is 2.27. The Hall–Kier alpha value is -0.970. The van der Waals surface area contributed by atoms with Crippen molar-refractivity contribution in [1.82, 2.24) is 0 Å². The highest BCUT2D eigenvalue weighted by atomic mass is 79.9. The Balaban J connectivity index is 2.11. The summed E-state index contributed by atoms with van der Waals surface area (Å²) in [6.07, 6.45) is 0.776. The van der Waals surface area contributed by atoms with E-state index in [4.69, 9.17) is 10.5 Å². The van der Waals surface area contributed by atoms with Crippen LogP contribution in [0.5, 0.6) is 5.75 Å². The molecule has 0 bridgehead atoms. The molecule has 1 atom stereocenters. The zero-order valence-electron chi connectivity index (χ0n) is 12.3. The lowest BCUT2D eigenvalue weighted by molar-refractivity contribution is 0.414. The van der Waals surface area contributed by atoms with E-state index in [1.165, 1.54) is 4.90 Å². The molecule has 1 unspecified atom stereocenters. The van der Waals surface area contributed by atoms with E-state index in [1.807, 2.05) is 30.0 Å². The van der Waals surface area contributed by atoms with Crippen LogP contribution in [0.4, 0.5) is 0 Å². The molecule has 0 saturated carbocycles. The van der Waals surface area contributed by atoms with Gasteiger partial charge in [-0.05, 0) is 53.6 Å². The first-order valence-corrected chi connectivity index (χ1v) is 8.72. The van der Waals surface area contributed by atoms with Gasteiger partial charge in [0.15, 0.2) is 0 Å². The van der Waals surface area contributed by atoms with Crippen LogP contribution >= 0.6 is 27.7 Å². The Morgan fingerprint density at radius 1 is 1.19 bits per heavy atom. The molecule has 2 rings (SSSR count). The van der Waals surface area contributed by atoms with Gasteiger partial charge < -0.3 is 10.5 Å². The lowest BCUT2D eigenvalue weighted by Gasteiger charge is -2.14. The number of halogens is 1. The molecule has 0 radical (unpaired) electrons. The summed E-state index contributed by atoms with van der Waals surface area (Å²) >= 11 is 5.42. The van der Waals surface area contributed by atoms with Crippen LogP contribution in [0.3, 0.4) is 0 Å². The number of rotatable bonds is 6. The summed E-state index contributed by atoms with van der Waals surface area (Å²) in [5.41, 5.74) is 8.66. The molecule has 0 aliphatic carbocycles. The maximum atomic E-state index is 6.34. The van der Waals surface area contributed by atoms with Gasteiger partial charge in [0, 0.05) is 15.4 Å². The van der Waals surface area contributed by atoms with Crippen molar-refractivity contribution in [3.8, 4) is 5.75 Å². The monoisotopic (exact) mass is 365 g/mol. The van der Waals surface area contributed by atoms with Crippen molar-refractivity contribution < 1.29 is 4.74 Å². The van der Waals surface area contributed by atoms with E-state index in [9.17, 15) is 0 Å². The first-order chi connectivity index (χ1) is 10.1. The number of hydrogen-bond acceptors (Lipinski definition) is 3. The number of nitrogens with two attached hydrogens (primary N) is 1. The standard InChI is InChI=1S/C17H20BrNOS/c1-3-21-15-7-4-12(5-8-15)17(19)11-13-10-14(20-2)6-9-16(13)18/h4-10,17H,3,11,19H2,1-2H3. The molecule has 2 N–H and O–H groups in total. The molecule has 2 aromatic rings. The highest BCUT2D eigenvalue weighted by Gasteiger charge is 2.10. The highest BCUT2D eigenvalue weighted by molar-refractivity contribution is 9.10. The summed E-state index contributed by atoms with van der Waals surface area (Å²) in [7, 11) is 1.68. The van der Waals surface area contributed by atoms with Gasteiger partial charge in [0.2, 0.25) is 0 Å². The van der Waals surface area contributed by atoms with Crippen LogP contribution in [0.1, 0.15) is 24.1 Å². The van der Waals surface area contributed by atoms with Gasteiger partial charge in [-0.3, -0.25) is 0 Å². The van der Waals surface area contributed by atoms with Crippen LogP contribution in [0.2, 0.25) is 0 Å². The van der Waals surface area contributed by atoms with Crippen LogP contribution < -0.4 is 10.5 Å². The molecule has 0 fully saturated rings. The Bertz CT molecular complexity index is 586. The summed E-state index contributed by atoms with van der Waals surface area (Å²) in [5.74, 6) is 1.94. The summed E-state index contributed by atoms with van der Waals surface area (Å²) in [4.78, 5) is 1.29. The molecule has 0 spiro atoms. The zero-order valence-corrected chi connectivity index (χ0v) is 14.7. The van der Waals surface area contributed by atoms with E-state index in [-0.39, 0.29) is 6.04 Å². The van der Waals surface area contributed by atoms with Crippen LogP contribution in [-0.2, 0) is 6.42 Å². The third-order valence-corrected chi connectivity index (χ3v) is 4.98. The van der Waals surface area contributed by atoms with Crippen molar-refractivity contribution in [2.75, 3.05) is 12.9 Å². The lowest BCUT2D eigenvalue weighted by Crippen LogP contribution is -2.13. The van der Waals surface area contributed by atoms with Crippen molar-refractivity contribution in [2.24, 2.45) is 5.73 Å². The van der Waals surface area contributed by atoms with Gasteiger partial charge in [0.25, 0.3) is 0 Å². The molecule has 4 heteroatoms. The minimum Gasteiger partial charge on any atom is -0.497 e. The minimum absolute atomic E-state index is 0.0194. The first kappa shape index (κ1) is 16.4. The van der Waals surface area contributed by atoms with Crippen LogP contribution in [0.15, 0.2) is 51.8 Å². The average molecular weight is 366 g/mol. The normalized spacial score (nSPS) is 12.2. The molecule has 112 valence electrons. The second-order valence-corrected chi connectivity index (χ2v) is 6.96. The quantitative estimate of drug-likeness (QED) is 0.745. The topological polar surface area (TPSA) is 35.2 Å². The largest absolute Gasteiger partial charge is 0.497 e. The van der Waals surface area contributed by atoms with Gasteiger partial charge in [-0.2, -0.15) is 0 Å². The van der Waals surface area contributed by atoms with E-state index < -0.39 is 0 Å². The summed E-state index contributed by atoms with van der Waals surface area (Å²) < 4.78 is 6.34. The Labute approximate surface area is 139 Å². The van der Waals surface area contributed by atoms with Crippen LogP contribution in [0, 0.1) is 0 Å². The predicted octanol–water partition coefficient (Wildman–Crippen LogP) is 4.81. The van der Waals surface area contributed by atoms with Crippen molar-refractivity contribution in [2.45, 2.75) is 24.3 Å². The van der Waals surface area contributed by atoms with Gasteiger partial charge in [0.1, 0.15) is 5.75 Å². The molecular weight excluding hydrogens is 346 g/mol. The maximum absolute atomic E-state index is 6.34. The lowest BCUT2D eigenvalue weighted by atomic mass is 9.99. The second-order valence-electron chi connectivity index (χ2n) is 4.77. The fourth-order valence-electron chi connectivity index (χ4n) is 2.17. The van der Waals surface area contributed by atoms with Crippen LogP contribution in [-0.4, -0.2) is 12.9 Å². The van der Waals surface area contributed by atoms with Gasteiger partial charge in [0.05, 0.1) is 7.11 Å². The Morgan fingerprint density at radius 3 is 2.52 bits per heavy atom. The Kier molecular flexibility index (Phi) is 6.15. The number of hydrogen-bond donors (Lipinski definition) is 1. The fraction of sp³-hybridized carbons (Fsp3) is 0.294. The van der Waals surface area contributed by atoms with Gasteiger partial charge in [-0.1, -0.05) is 35.0 Å². The fourth-order valence-corrected chi connectivity index (χ4v) is 3.24. The molecule has 0 heterocycles. The van der Waals surface area contributed by atoms with E-state index in [0.29, 0.717) is 0 Å². The van der Waals surface area contributed by atoms with E-state index in [2.05, 4.69) is 47.1 Å². The SMILES string of the molecule is CCSc1ccc(C(N)Cc2cc(OC)ccc2Br)cc1. The van der Waals surface area contributed by atoms with Crippen molar-refractivity contribution in [3.63, 3.8) is 0 Å². The zero-order chi connectivity index (χ0) is 15.2. The maximum Gasteiger partial charge on any atom is 0.119 e.